The van der Waals surface area contributed by atoms with Crippen molar-refractivity contribution in [3.63, 3.8) is 0 Å². The fourth-order valence-corrected chi connectivity index (χ4v) is 3.55. The number of hydrogen-bond donors (Lipinski definition) is 1. The molecule has 1 aromatic heterocycles. The molecule has 1 heterocycles. The lowest BCUT2D eigenvalue weighted by atomic mass is 10.1. The lowest BCUT2D eigenvalue weighted by Crippen LogP contribution is -2.00. The summed E-state index contributed by atoms with van der Waals surface area (Å²) in [7, 11) is 0. The Bertz CT molecular complexity index is 929. The van der Waals surface area contributed by atoms with Crippen LogP contribution in [0.4, 0.5) is 0 Å². The Hall–Kier alpha value is -2.66. The largest absolute Gasteiger partial charge is 0.488 e. The number of carboxylic acid groups (broad SMARTS) is 1. The van der Waals surface area contributed by atoms with Gasteiger partial charge in [-0.25, -0.2) is 4.98 Å². The maximum Gasteiger partial charge on any atom is 0.309 e. The van der Waals surface area contributed by atoms with Gasteiger partial charge in [0, 0.05) is 10.9 Å². The van der Waals surface area contributed by atoms with Gasteiger partial charge in [-0.15, -0.1) is 11.3 Å². The molecule has 0 aliphatic carbocycles. The van der Waals surface area contributed by atoms with E-state index >= 15 is 0 Å². The van der Waals surface area contributed by atoms with Gasteiger partial charge in [0.1, 0.15) is 17.4 Å². The molecule has 0 saturated carbocycles. The molecule has 0 aliphatic rings. The Morgan fingerprint density at radius 2 is 1.77 bits per heavy atom. The standard InChI is InChI=1S/C21H21NO3S/c1-13-4-5-14(2)20(15(13)3)25-11-16-6-8-17(9-7-16)21-22-18(12-26-21)10-19(23)24/h4-9,12H,10-11H2,1-3H3,(H,23,24). The van der Waals surface area contributed by atoms with Crippen LogP contribution >= 0.6 is 11.3 Å². The van der Waals surface area contributed by atoms with Gasteiger partial charge in [-0.05, 0) is 43.0 Å². The molecule has 26 heavy (non-hydrogen) atoms. The Morgan fingerprint density at radius 3 is 2.46 bits per heavy atom. The Kier molecular flexibility index (Phi) is 5.38. The van der Waals surface area contributed by atoms with Crippen molar-refractivity contribution in [1.29, 1.82) is 0 Å². The first-order chi connectivity index (χ1) is 12.4. The lowest BCUT2D eigenvalue weighted by Gasteiger charge is -2.14. The molecule has 0 radical (unpaired) electrons. The predicted octanol–water partition coefficient (Wildman–Crippen LogP) is 4.94. The average Bonchev–Trinajstić information content (AvgIpc) is 3.06. The van der Waals surface area contributed by atoms with Gasteiger partial charge >= 0.3 is 5.97 Å². The van der Waals surface area contributed by atoms with Gasteiger partial charge in [0.25, 0.3) is 0 Å². The van der Waals surface area contributed by atoms with Crippen molar-refractivity contribution in [1.82, 2.24) is 4.98 Å². The molecule has 134 valence electrons. The van der Waals surface area contributed by atoms with Crippen molar-refractivity contribution in [2.45, 2.75) is 33.8 Å². The molecule has 4 nitrogen and oxygen atoms in total. The van der Waals surface area contributed by atoms with Crippen molar-refractivity contribution in [3.05, 3.63) is 69.7 Å². The van der Waals surface area contributed by atoms with Crippen molar-refractivity contribution in [2.75, 3.05) is 0 Å². The van der Waals surface area contributed by atoms with E-state index in [1.54, 1.807) is 5.38 Å². The summed E-state index contributed by atoms with van der Waals surface area (Å²) in [6, 6.07) is 12.2. The number of benzene rings is 2. The number of aryl methyl sites for hydroxylation is 2. The topological polar surface area (TPSA) is 59.4 Å². The number of thiazole rings is 1. The van der Waals surface area contributed by atoms with E-state index in [4.69, 9.17) is 9.84 Å². The van der Waals surface area contributed by atoms with Crippen LogP contribution in [0.2, 0.25) is 0 Å². The van der Waals surface area contributed by atoms with E-state index in [1.807, 2.05) is 24.3 Å². The van der Waals surface area contributed by atoms with Crippen LogP contribution in [0.15, 0.2) is 41.8 Å². The highest BCUT2D eigenvalue weighted by molar-refractivity contribution is 7.13. The first-order valence-corrected chi connectivity index (χ1v) is 9.27. The number of ether oxygens (including phenoxy) is 1. The summed E-state index contributed by atoms with van der Waals surface area (Å²) in [6.07, 6.45) is -0.0440. The van der Waals surface area contributed by atoms with Crippen molar-refractivity contribution < 1.29 is 14.6 Å². The third-order valence-electron chi connectivity index (χ3n) is 4.34. The van der Waals surface area contributed by atoms with Crippen LogP contribution in [-0.4, -0.2) is 16.1 Å². The number of rotatable bonds is 6. The maximum atomic E-state index is 10.8. The summed E-state index contributed by atoms with van der Waals surface area (Å²) in [4.78, 5) is 15.2. The second kappa shape index (κ2) is 7.70. The Morgan fingerprint density at radius 1 is 1.08 bits per heavy atom. The summed E-state index contributed by atoms with van der Waals surface area (Å²) in [5.41, 5.74) is 6.20. The minimum atomic E-state index is -0.865. The number of carbonyl (C=O) groups is 1. The highest BCUT2D eigenvalue weighted by Gasteiger charge is 2.09. The Labute approximate surface area is 157 Å². The molecule has 0 unspecified atom stereocenters. The third-order valence-corrected chi connectivity index (χ3v) is 5.28. The smallest absolute Gasteiger partial charge is 0.309 e. The number of carboxylic acids is 1. The van der Waals surface area contributed by atoms with Crippen LogP contribution in [0.25, 0.3) is 10.6 Å². The van der Waals surface area contributed by atoms with E-state index in [0.29, 0.717) is 12.3 Å². The minimum absolute atomic E-state index is 0.0440. The van der Waals surface area contributed by atoms with Gasteiger partial charge in [0.2, 0.25) is 0 Å². The van der Waals surface area contributed by atoms with E-state index in [-0.39, 0.29) is 6.42 Å². The summed E-state index contributed by atoms with van der Waals surface area (Å²) in [5, 5.41) is 11.5. The van der Waals surface area contributed by atoms with Crippen LogP contribution < -0.4 is 4.74 Å². The molecule has 5 heteroatoms. The zero-order chi connectivity index (χ0) is 18.7. The molecule has 1 N–H and O–H groups in total. The van der Waals surface area contributed by atoms with E-state index < -0.39 is 5.97 Å². The van der Waals surface area contributed by atoms with Gasteiger partial charge in [0.05, 0.1) is 12.1 Å². The summed E-state index contributed by atoms with van der Waals surface area (Å²) < 4.78 is 6.05. The zero-order valence-electron chi connectivity index (χ0n) is 15.1. The molecule has 2 aromatic carbocycles. The van der Waals surface area contributed by atoms with E-state index in [2.05, 4.69) is 37.9 Å². The summed E-state index contributed by atoms with van der Waals surface area (Å²) in [5.74, 6) is 0.0865. The third kappa shape index (κ3) is 4.11. The normalized spacial score (nSPS) is 10.7. The van der Waals surface area contributed by atoms with Gasteiger partial charge in [-0.2, -0.15) is 0 Å². The number of hydrogen-bond acceptors (Lipinski definition) is 4. The molecule has 0 spiro atoms. The highest BCUT2D eigenvalue weighted by atomic mass is 32.1. The first-order valence-electron chi connectivity index (χ1n) is 8.39. The molecule has 0 bridgehead atoms. The van der Waals surface area contributed by atoms with Gasteiger partial charge in [-0.1, -0.05) is 36.4 Å². The van der Waals surface area contributed by atoms with Crippen molar-refractivity contribution in [3.8, 4) is 16.3 Å². The number of aromatic nitrogens is 1. The van der Waals surface area contributed by atoms with Crippen LogP contribution in [0.3, 0.4) is 0 Å². The van der Waals surface area contributed by atoms with Crippen molar-refractivity contribution in [2.24, 2.45) is 0 Å². The molecule has 0 atom stereocenters. The predicted molar refractivity (Wildman–Crippen MR) is 104 cm³/mol. The van der Waals surface area contributed by atoms with Crippen LogP contribution in [0.1, 0.15) is 27.9 Å². The SMILES string of the molecule is Cc1ccc(C)c(OCc2ccc(-c3nc(CC(=O)O)cs3)cc2)c1C. The van der Waals surface area contributed by atoms with Crippen molar-refractivity contribution >= 4 is 17.3 Å². The molecule has 0 fully saturated rings. The van der Waals surface area contributed by atoms with Crippen LogP contribution in [-0.2, 0) is 17.8 Å². The van der Waals surface area contributed by atoms with E-state index in [1.165, 1.54) is 22.5 Å². The minimum Gasteiger partial charge on any atom is -0.488 e. The quantitative estimate of drug-likeness (QED) is 0.670. The summed E-state index contributed by atoms with van der Waals surface area (Å²) >= 11 is 1.46. The van der Waals surface area contributed by atoms with E-state index in [9.17, 15) is 4.79 Å². The van der Waals surface area contributed by atoms with E-state index in [0.717, 1.165) is 27.4 Å². The zero-order valence-corrected chi connectivity index (χ0v) is 15.9. The average molecular weight is 367 g/mol. The maximum absolute atomic E-state index is 10.8. The fourth-order valence-electron chi connectivity index (χ4n) is 2.72. The molecular weight excluding hydrogens is 346 g/mol. The summed E-state index contributed by atoms with van der Waals surface area (Å²) in [6.45, 7) is 6.73. The molecule has 0 aliphatic heterocycles. The van der Waals surface area contributed by atoms with Crippen LogP contribution in [0.5, 0.6) is 5.75 Å². The van der Waals surface area contributed by atoms with Gasteiger partial charge < -0.3 is 9.84 Å². The molecule has 3 rings (SSSR count). The Balaban J connectivity index is 1.69. The lowest BCUT2D eigenvalue weighted by molar-refractivity contribution is -0.136. The molecule has 3 aromatic rings. The molecular formula is C21H21NO3S. The fraction of sp³-hybridized carbons (Fsp3) is 0.238. The number of nitrogens with zero attached hydrogens (tertiary/aromatic N) is 1. The van der Waals surface area contributed by atoms with Gasteiger partial charge in [-0.3, -0.25) is 4.79 Å². The first kappa shape index (κ1) is 18.1. The van der Waals surface area contributed by atoms with Crippen LogP contribution in [0, 0.1) is 20.8 Å². The monoisotopic (exact) mass is 367 g/mol. The van der Waals surface area contributed by atoms with Gasteiger partial charge in [0.15, 0.2) is 0 Å². The second-order valence-electron chi connectivity index (χ2n) is 6.35. The molecule has 0 saturated heterocycles. The highest BCUT2D eigenvalue weighted by Crippen LogP contribution is 2.28. The second-order valence-corrected chi connectivity index (χ2v) is 7.21. The number of aliphatic carboxylic acids is 1. The molecule has 0 amide bonds.